The van der Waals surface area contributed by atoms with Gasteiger partial charge in [-0.1, -0.05) is 18.2 Å². The first-order valence-electron chi connectivity index (χ1n) is 6.23. The molecule has 1 heterocycles. The normalized spacial score (nSPS) is 10.5. The van der Waals surface area contributed by atoms with Gasteiger partial charge in [0, 0.05) is 4.90 Å². The molecule has 21 heavy (non-hydrogen) atoms. The summed E-state index contributed by atoms with van der Waals surface area (Å²) >= 11 is 1.45. The Kier molecular flexibility index (Phi) is 3.74. The van der Waals surface area contributed by atoms with Gasteiger partial charge in [-0.3, -0.25) is 0 Å². The third kappa shape index (κ3) is 2.82. The van der Waals surface area contributed by atoms with E-state index in [4.69, 9.17) is 10.5 Å². The number of hydrogen-bond donors (Lipinski definition) is 1. The van der Waals surface area contributed by atoms with E-state index in [-0.39, 0.29) is 0 Å². The first-order chi connectivity index (χ1) is 10.3. The van der Waals surface area contributed by atoms with Crippen LogP contribution in [-0.2, 0) is 0 Å². The number of nitrogens with two attached hydrogens (primary N) is 1. The summed E-state index contributed by atoms with van der Waals surface area (Å²) in [5, 5.41) is 12.5. The van der Waals surface area contributed by atoms with E-state index in [2.05, 4.69) is 15.5 Å². The van der Waals surface area contributed by atoms with Crippen LogP contribution in [0, 0.1) is 0 Å². The molecule has 0 unspecified atom stereocenters. The molecule has 1 aromatic heterocycles. The highest BCUT2D eigenvalue weighted by Crippen LogP contribution is 2.32. The van der Waals surface area contributed by atoms with E-state index >= 15 is 0 Å². The molecule has 0 aliphatic carbocycles. The van der Waals surface area contributed by atoms with Crippen molar-refractivity contribution in [1.82, 2.24) is 20.2 Å². The molecule has 0 aliphatic rings. The third-order valence-electron chi connectivity index (χ3n) is 2.86. The summed E-state index contributed by atoms with van der Waals surface area (Å²) in [6.45, 7) is 0. The Morgan fingerprint density at radius 3 is 2.71 bits per heavy atom. The summed E-state index contributed by atoms with van der Waals surface area (Å²) in [5.41, 5.74) is 7.33. The Morgan fingerprint density at radius 2 is 1.95 bits per heavy atom. The molecular formula is C14H13N5OS. The van der Waals surface area contributed by atoms with Gasteiger partial charge in [0.05, 0.1) is 18.5 Å². The summed E-state index contributed by atoms with van der Waals surface area (Å²) in [7, 11) is 1.59. The predicted octanol–water partition coefficient (Wildman–Crippen LogP) is 2.40. The number of benzene rings is 2. The van der Waals surface area contributed by atoms with Crippen LogP contribution in [-0.4, -0.2) is 27.3 Å². The summed E-state index contributed by atoms with van der Waals surface area (Å²) in [5.74, 6) is 0.638. The lowest BCUT2D eigenvalue weighted by Crippen LogP contribution is -1.98. The van der Waals surface area contributed by atoms with Crippen LogP contribution in [0.1, 0.15) is 0 Å². The molecule has 0 amide bonds. The van der Waals surface area contributed by atoms with E-state index in [0.717, 1.165) is 10.6 Å². The number of hydrogen-bond acceptors (Lipinski definition) is 6. The van der Waals surface area contributed by atoms with Crippen molar-refractivity contribution in [2.24, 2.45) is 0 Å². The maximum Gasteiger partial charge on any atom is 0.218 e. The smallest absolute Gasteiger partial charge is 0.218 e. The van der Waals surface area contributed by atoms with Crippen molar-refractivity contribution in [2.45, 2.75) is 10.1 Å². The Labute approximate surface area is 125 Å². The maximum absolute atomic E-state index is 5.81. The van der Waals surface area contributed by atoms with Crippen LogP contribution in [0.15, 0.2) is 58.6 Å². The molecule has 3 aromatic rings. The van der Waals surface area contributed by atoms with Crippen molar-refractivity contribution in [3.05, 3.63) is 48.5 Å². The van der Waals surface area contributed by atoms with Gasteiger partial charge in [-0.05, 0) is 52.5 Å². The lowest BCUT2D eigenvalue weighted by Gasteiger charge is -2.07. The predicted molar refractivity (Wildman–Crippen MR) is 80.7 cm³/mol. The van der Waals surface area contributed by atoms with Crippen molar-refractivity contribution in [1.29, 1.82) is 0 Å². The number of rotatable bonds is 4. The molecule has 0 saturated carbocycles. The number of aromatic nitrogens is 4. The monoisotopic (exact) mass is 299 g/mol. The molecule has 0 fully saturated rings. The highest BCUT2D eigenvalue weighted by molar-refractivity contribution is 7.99. The molecule has 0 radical (unpaired) electrons. The molecule has 3 rings (SSSR count). The molecule has 0 aliphatic heterocycles. The zero-order valence-electron chi connectivity index (χ0n) is 11.3. The molecule has 0 spiro atoms. The largest absolute Gasteiger partial charge is 0.495 e. The van der Waals surface area contributed by atoms with E-state index in [9.17, 15) is 0 Å². The molecule has 2 N–H and O–H groups in total. The number of methoxy groups -OCH3 is 1. The quantitative estimate of drug-likeness (QED) is 0.745. The molecule has 106 valence electrons. The second kappa shape index (κ2) is 5.84. The number of nitrogen functional groups attached to an aromatic ring is 1. The Bertz CT molecular complexity index is 744. The van der Waals surface area contributed by atoms with Gasteiger partial charge in [0.2, 0.25) is 5.16 Å². The van der Waals surface area contributed by atoms with Crippen molar-refractivity contribution >= 4 is 17.4 Å². The number of anilines is 1. The van der Waals surface area contributed by atoms with Crippen molar-refractivity contribution < 1.29 is 4.74 Å². The van der Waals surface area contributed by atoms with Crippen molar-refractivity contribution in [3.8, 4) is 11.4 Å². The van der Waals surface area contributed by atoms with Crippen LogP contribution in [0.5, 0.6) is 5.75 Å². The Morgan fingerprint density at radius 1 is 1.14 bits per heavy atom. The van der Waals surface area contributed by atoms with Gasteiger partial charge in [-0.2, -0.15) is 4.68 Å². The average molecular weight is 299 g/mol. The van der Waals surface area contributed by atoms with Crippen molar-refractivity contribution in [2.75, 3.05) is 12.8 Å². The molecular weight excluding hydrogens is 286 g/mol. The fraction of sp³-hybridized carbons (Fsp3) is 0.0714. The van der Waals surface area contributed by atoms with Gasteiger partial charge in [0.1, 0.15) is 5.75 Å². The van der Waals surface area contributed by atoms with Gasteiger partial charge in [-0.25, -0.2) is 0 Å². The third-order valence-corrected chi connectivity index (χ3v) is 3.78. The van der Waals surface area contributed by atoms with Crippen LogP contribution in [0.25, 0.3) is 5.69 Å². The Hall–Kier alpha value is -2.54. The van der Waals surface area contributed by atoms with Gasteiger partial charge in [0.25, 0.3) is 0 Å². The van der Waals surface area contributed by atoms with Crippen LogP contribution >= 0.6 is 11.8 Å². The van der Waals surface area contributed by atoms with Crippen LogP contribution in [0.2, 0.25) is 0 Å². The topological polar surface area (TPSA) is 78.9 Å². The average Bonchev–Trinajstić information content (AvgIpc) is 2.98. The first-order valence-corrected chi connectivity index (χ1v) is 7.05. The van der Waals surface area contributed by atoms with Crippen molar-refractivity contribution in [3.63, 3.8) is 0 Å². The van der Waals surface area contributed by atoms with Gasteiger partial charge in [-0.15, -0.1) is 5.10 Å². The minimum atomic E-state index is 0.601. The molecule has 0 saturated heterocycles. The number of tetrazole rings is 1. The van der Waals surface area contributed by atoms with E-state index in [0.29, 0.717) is 16.6 Å². The summed E-state index contributed by atoms with van der Waals surface area (Å²) < 4.78 is 6.91. The minimum Gasteiger partial charge on any atom is -0.495 e. The zero-order valence-corrected chi connectivity index (χ0v) is 12.1. The van der Waals surface area contributed by atoms with E-state index in [1.165, 1.54) is 11.8 Å². The molecule has 0 atom stereocenters. The molecule has 7 heteroatoms. The van der Waals surface area contributed by atoms with Gasteiger partial charge < -0.3 is 10.5 Å². The second-order valence-electron chi connectivity index (χ2n) is 4.21. The van der Waals surface area contributed by atoms with Crippen LogP contribution in [0.4, 0.5) is 5.69 Å². The van der Waals surface area contributed by atoms with Crippen LogP contribution in [0.3, 0.4) is 0 Å². The molecule has 6 nitrogen and oxygen atoms in total. The lowest BCUT2D eigenvalue weighted by molar-refractivity contribution is 0.416. The maximum atomic E-state index is 5.81. The number of nitrogens with zero attached hydrogens (tertiary/aromatic N) is 4. The lowest BCUT2D eigenvalue weighted by atomic mass is 10.3. The van der Waals surface area contributed by atoms with Gasteiger partial charge in [0.15, 0.2) is 0 Å². The second-order valence-corrected chi connectivity index (χ2v) is 5.26. The zero-order chi connectivity index (χ0) is 14.7. The SMILES string of the molecule is COc1cc(Sc2nnnn2-c2ccccc2)ccc1N. The fourth-order valence-electron chi connectivity index (χ4n) is 1.83. The fourth-order valence-corrected chi connectivity index (χ4v) is 2.65. The summed E-state index contributed by atoms with van der Waals surface area (Å²) in [4.78, 5) is 0.952. The Balaban J connectivity index is 1.91. The standard InChI is InChI=1S/C14H13N5OS/c1-20-13-9-11(7-8-12(13)15)21-14-16-17-18-19(14)10-5-3-2-4-6-10/h2-9H,15H2,1H3. The van der Waals surface area contributed by atoms with Gasteiger partial charge >= 0.3 is 0 Å². The summed E-state index contributed by atoms with van der Waals surface area (Å²) in [6, 6.07) is 15.3. The highest BCUT2D eigenvalue weighted by Gasteiger charge is 2.11. The first kappa shape index (κ1) is 13.4. The minimum absolute atomic E-state index is 0.601. The van der Waals surface area contributed by atoms with Crippen LogP contribution < -0.4 is 10.5 Å². The van der Waals surface area contributed by atoms with E-state index < -0.39 is 0 Å². The number of para-hydroxylation sites is 1. The number of ether oxygens (including phenoxy) is 1. The highest BCUT2D eigenvalue weighted by atomic mass is 32.2. The summed E-state index contributed by atoms with van der Waals surface area (Å²) in [6.07, 6.45) is 0. The molecule has 2 aromatic carbocycles. The van der Waals surface area contributed by atoms with E-state index in [1.54, 1.807) is 17.9 Å². The molecule has 0 bridgehead atoms. The van der Waals surface area contributed by atoms with E-state index in [1.807, 2.05) is 42.5 Å².